The molecule has 1 heterocycles. The first-order valence-corrected chi connectivity index (χ1v) is 5.02. The van der Waals surface area contributed by atoms with E-state index in [1.807, 2.05) is 0 Å². The number of primary amides is 2. The number of carbonyl (C=O) groups is 4. The van der Waals surface area contributed by atoms with Crippen molar-refractivity contribution in [1.82, 2.24) is 10.2 Å². The summed E-state index contributed by atoms with van der Waals surface area (Å²) in [7, 11) is 0. The van der Waals surface area contributed by atoms with E-state index in [9.17, 15) is 19.2 Å². The third kappa shape index (κ3) is 3.74. The molecule has 17 heavy (non-hydrogen) atoms. The minimum absolute atomic E-state index is 0.0485. The summed E-state index contributed by atoms with van der Waals surface area (Å²) in [5.41, 5.74) is 9.93. The molecule has 0 aromatic carbocycles. The highest BCUT2D eigenvalue weighted by molar-refractivity contribution is 5.93. The summed E-state index contributed by atoms with van der Waals surface area (Å²) in [6, 6.07) is 0. The maximum absolute atomic E-state index is 11.9. The molecule has 1 saturated heterocycles. The third-order valence-electron chi connectivity index (χ3n) is 2.33. The molecule has 1 unspecified atom stereocenters. The minimum Gasteiger partial charge on any atom is -0.368 e. The van der Waals surface area contributed by atoms with Crippen molar-refractivity contribution in [1.29, 1.82) is 0 Å². The van der Waals surface area contributed by atoms with Gasteiger partial charge in [0.25, 0.3) is 0 Å². The SMILES string of the molecule is NC(=O)CN(CC(N)=O)C(=O)C1CNC(=O)C1. The second-order valence-corrected chi connectivity index (χ2v) is 3.83. The molecule has 0 bridgehead atoms. The van der Waals surface area contributed by atoms with E-state index in [2.05, 4.69) is 5.32 Å². The Balaban J connectivity index is 2.67. The van der Waals surface area contributed by atoms with Crippen LogP contribution in [0.3, 0.4) is 0 Å². The Labute approximate surface area is 97.3 Å². The molecule has 1 aliphatic rings. The second-order valence-electron chi connectivity index (χ2n) is 3.83. The topological polar surface area (TPSA) is 136 Å². The Morgan fingerprint density at radius 3 is 2.12 bits per heavy atom. The maximum atomic E-state index is 11.9. The molecule has 0 aromatic heterocycles. The Kier molecular flexibility index (Phi) is 4.02. The van der Waals surface area contributed by atoms with Gasteiger partial charge in [-0.3, -0.25) is 19.2 Å². The monoisotopic (exact) mass is 242 g/mol. The van der Waals surface area contributed by atoms with Crippen LogP contribution >= 0.6 is 0 Å². The molecular weight excluding hydrogens is 228 g/mol. The maximum Gasteiger partial charge on any atom is 0.237 e. The first-order chi connectivity index (χ1) is 7.90. The highest BCUT2D eigenvalue weighted by Crippen LogP contribution is 2.12. The summed E-state index contributed by atoms with van der Waals surface area (Å²) in [5, 5.41) is 2.49. The van der Waals surface area contributed by atoms with Crippen LogP contribution in [0, 0.1) is 5.92 Å². The number of nitrogens with zero attached hydrogens (tertiary/aromatic N) is 1. The first-order valence-electron chi connectivity index (χ1n) is 5.02. The Morgan fingerprint density at radius 2 is 1.76 bits per heavy atom. The van der Waals surface area contributed by atoms with Crippen molar-refractivity contribution in [2.45, 2.75) is 6.42 Å². The van der Waals surface area contributed by atoms with Gasteiger partial charge in [0.2, 0.25) is 23.6 Å². The molecule has 0 aliphatic carbocycles. The van der Waals surface area contributed by atoms with E-state index in [1.54, 1.807) is 0 Å². The van der Waals surface area contributed by atoms with Crippen LogP contribution in [0.5, 0.6) is 0 Å². The van der Waals surface area contributed by atoms with Crippen molar-refractivity contribution >= 4 is 23.6 Å². The standard InChI is InChI=1S/C9H14N4O4/c10-6(14)3-13(4-7(11)15)9(17)5-1-8(16)12-2-5/h5H,1-4H2,(H2,10,14)(H2,11,15)(H,12,16). The molecule has 1 fully saturated rings. The van der Waals surface area contributed by atoms with E-state index in [0.29, 0.717) is 0 Å². The Morgan fingerprint density at radius 1 is 1.24 bits per heavy atom. The van der Waals surface area contributed by atoms with Gasteiger partial charge in [0.1, 0.15) is 0 Å². The lowest BCUT2D eigenvalue weighted by molar-refractivity contribution is -0.141. The summed E-state index contributed by atoms with van der Waals surface area (Å²) in [5.74, 6) is -2.75. The van der Waals surface area contributed by atoms with Gasteiger partial charge in [-0.2, -0.15) is 0 Å². The van der Waals surface area contributed by atoms with Crippen molar-refractivity contribution in [2.24, 2.45) is 17.4 Å². The number of nitrogens with one attached hydrogen (secondary N) is 1. The van der Waals surface area contributed by atoms with Crippen molar-refractivity contribution in [3.05, 3.63) is 0 Å². The number of hydrogen-bond acceptors (Lipinski definition) is 4. The van der Waals surface area contributed by atoms with Gasteiger partial charge >= 0.3 is 0 Å². The fourth-order valence-corrected chi connectivity index (χ4v) is 1.63. The molecular formula is C9H14N4O4. The van der Waals surface area contributed by atoms with Gasteiger partial charge in [0, 0.05) is 13.0 Å². The minimum atomic E-state index is -0.739. The lowest BCUT2D eigenvalue weighted by Gasteiger charge is -2.22. The number of nitrogens with two attached hydrogens (primary N) is 2. The largest absolute Gasteiger partial charge is 0.368 e. The van der Waals surface area contributed by atoms with Crippen LogP contribution in [0.25, 0.3) is 0 Å². The summed E-state index contributed by atoms with van der Waals surface area (Å²) in [6.45, 7) is -0.565. The number of hydrogen-bond donors (Lipinski definition) is 3. The Hall–Kier alpha value is -2.12. The van der Waals surface area contributed by atoms with Crippen molar-refractivity contribution < 1.29 is 19.2 Å². The predicted molar refractivity (Wildman–Crippen MR) is 56.1 cm³/mol. The summed E-state index contributed by atoms with van der Waals surface area (Å²) in [4.78, 5) is 45.3. The molecule has 94 valence electrons. The molecule has 0 aromatic rings. The van der Waals surface area contributed by atoms with Gasteiger partial charge in [0.15, 0.2) is 0 Å². The molecule has 1 atom stereocenters. The van der Waals surface area contributed by atoms with Crippen LogP contribution in [0.2, 0.25) is 0 Å². The molecule has 8 heteroatoms. The number of rotatable bonds is 5. The lowest BCUT2D eigenvalue weighted by atomic mass is 10.1. The van der Waals surface area contributed by atoms with Crippen molar-refractivity contribution in [3.63, 3.8) is 0 Å². The van der Waals surface area contributed by atoms with Gasteiger partial charge in [-0.25, -0.2) is 0 Å². The zero-order chi connectivity index (χ0) is 13.0. The van der Waals surface area contributed by atoms with Gasteiger partial charge in [-0.05, 0) is 0 Å². The van der Waals surface area contributed by atoms with Crippen LogP contribution in [-0.2, 0) is 19.2 Å². The average molecular weight is 242 g/mol. The highest BCUT2D eigenvalue weighted by Gasteiger charge is 2.32. The zero-order valence-corrected chi connectivity index (χ0v) is 9.14. The lowest BCUT2D eigenvalue weighted by Crippen LogP contribution is -2.46. The molecule has 8 nitrogen and oxygen atoms in total. The average Bonchev–Trinajstić information content (AvgIpc) is 2.61. The normalized spacial score (nSPS) is 18.6. The van der Waals surface area contributed by atoms with E-state index in [4.69, 9.17) is 11.5 Å². The van der Waals surface area contributed by atoms with E-state index in [-0.39, 0.29) is 32.0 Å². The molecule has 5 N–H and O–H groups in total. The quantitative estimate of drug-likeness (QED) is 0.471. The van der Waals surface area contributed by atoms with E-state index in [1.165, 1.54) is 0 Å². The van der Waals surface area contributed by atoms with Gasteiger partial charge in [-0.15, -0.1) is 0 Å². The first kappa shape index (κ1) is 12.9. The molecule has 1 rings (SSSR count). The van der Waals surface area contributed by atoms with Gasteiger partial charge in [0.05, 0.1) is 19.0 Å². The molecule has 0 radical (unpaired) electrons. The molecule has 4 amide bonds. The predicted octanol–water partition coefficient (Wildman–Crippen LogP) is -3.08. The zero-order valence-electron chi connectivity index (χ0n) is 9.14. The smallest absolute Gasteiger partial charge is 0.237 e. The van der Waals surface area contributed by atoms with Crippen LogP contribution in [0.4, 0.5) is 0 Å². The summed E-state index contributed by atoms with van der Waals surface area (Å²) >= 11 is 0. The van der Waals surface area contributed by atoms with Gasteiger partial charge < -0.3 is 21.7 Å². The summed E-state index contributed by atoms with van der Waals surface area (Å²) < 4.78 is 0. The van der Waals surface area contributed by atoms with Crippen LogP contribution in [0.15, 0.2) is 0 Å². The fourth-order valence-electron chi connectivity index (χ4n) is 1.63. The van der Waals surface area contributed by atoms with Crippen LogP contribution < -0.4 is 16.8 Å². The fraction of sp³-hybridized carbons (Fsp3) is 0.556. The molecule has 0 saturated carbocycles. The highest BCUT2D eigenvalue weighted by atomic mass is 16.2. The Bertz CT molecular complexity index is 352. The van der Waals surface area contributed by atoms with Crippen molar-refractivity contribution in [2.75, 3.05) is 19.6 Å². The third-order valence-corrected chi connectivity index (χ3v) is 2.33. The number of carbonyl (C=O) groups excluding carboxylic acids is 4. The molecule has 1 aliphatic heterocycles. The van der Waals surface area contributed by atoms with E-state index >= 15 is 0 Å². The van der Waals surface area contributed by atoms with Crippen LogP contribution in [0.1, 0.15) is 6.42 Å². The van der Waals surface area contributed by atoms with E-state index < -0.39 is 23.6 Å². The molecule has 0 spiro atoms. The van der Waals surface area contributed by atoms with Crippen LogP contribution in [-0.4, -0.2) is 48.2 Å². The summed E-state index contributed by atoms with van der Waals surface area (Å²) in [6.07, 6.45) is 0.0485. The van der Waals surface area contributed by atoms with E-state index in [0.717, 1.165) is 4.90 Å². The number of amides is 4. The van der Waals surface area contributed by atoms with Crippen molar-refractivity contribution in [3.8, 4) is 0 Å². The second kappa shape index (κ2) is 5.28. The van der Waals surface area contributed by atoms with Gasteiger partial charge in [-0.1, -0.05) is 0 Å².